The summed E-state index contributed by atoms with van der Waals surface area (Å²) in [6, 6.07) is 0.0986. The normalized spacial score (nSPS) is 26.8. The molecule has 0 aromatic carbocycles. The molecule has 0 unspecified atom stereocenters. The molecule has 3 rings (SSSR count). The Balaban J connectivity index is 1.44. The second-order valence-electron chi connectivity index (χ2n) is 6.73. The van der Waals surface area contributed by atoms with Gasteiger partial charge in [0, 0.05) is 51.9 Å². The summed E-state index contributed by atoms with van der Waals surface area (Å²) in [5.41, 5.74) is 1.13. The number of hydrogen-bond acceptors (Lipinski definition) is 5. The van der Waals surface area contributed by atoms with Gasteiger partial charge in [0.05, 0.1) is 18.3 Å². The Kier molecular flexibility index (Phi) is 5.30. The minimum atomic E-state index is -0.420. The number of rotatable bonds is 5. The van der Waals surface area contributed by atoms with Crippen LogP contribution in [0.5, 0.6) is 0 Å². The lowest BCUT2D eigenvalue weighted by Crippen LogP contribution is -2.52. The Bertz CT molecular complexity index is 499. The summed E-state index contributed by atoms with van der Waals surface area (Å²) in [5, 5.41) is 17.0. The third kappa shape index (κ3) is 4.10. The van der Waals surface area contributed by atoms with Crippen LogP contribution < -0.4 is 0 Å². The molecule has 1 aromatic rings. The molecule has 2 N–H and O–H groups in total. The van der Waals surface area contributed by atoms with Crippen LogP contribution in [0.3, 0.4) is 0 Å². The maximum absolute atomic E-state index is 12.4. The number of likely N-dealkylation sites (N-methyl/N-ethyl adjacent to an activating group) is 1. The molecule has 128 valence electrons. The van der Waals surface area contributed by atoms with Gasteiger partial charge >= 0.3 is 0 Å². The highest BCUT2D eigenvalue weighted by molar-refractivity contribution is 5.76. The van der Waals surface area contributed by atoms with Crippen LogP contribution in [0, 0.1) is 0 Å². The molecule has 1 aromatic heterocycles. The molecule has 7 heteroatoms. The number of aliphatic hydroxyl groups excluding tert-OH is 1. The van der Waals surface area contributed by atoms with E-state index < -0.39 is 6.10 Å². The number of amides is 1. The summed E-state index contributed by atoms with van der Waals surface area (Å²) in [6.45, 7) is 5.14. The first-order valence-electron chi connectivity index (χ1n) is 8.49. The van der Waals surface area contributed by atoms with Crippen molar-refractivity contribution in [3.63, 3.8) is 0 Å². The Morgan fingerprint density at radius 2 is 2.13 bits per heavy atom. The number of aromatic amines is 1. The highest BCUT2D eigenvalue weighted by Gasteiger charge is 2.38. The monoisotopic (exact) mass is 321 g/mol. The Morgan fingerprint density at radius 1 is 1.35 bits per heavy atom. The quantitative estimate of drug-likeness (QED) is 0.768. The molecule has 23 heavy (non-hydrogen) atoms. The van der Waals surface area contributed by atoms with Crippen LogP contribution in [0.4, 0.5) is 0 Å². The van der Waals surface area contributed by atoms with Crippen LogP contribution >= 0.6 is 0 Å². The van der Waals surface area contributed by atoms with Crippen molar-refractivity contribution < 1.29 is 9.90 Å². The Morgan fingerprint density at radius 3 is 2.83 bits per heavy atom. The SMILES string of the molecule is CN1CCN([C@H]2CN(C(=O)CCCc3cn[nH]c3)C[C@@H]2O)CC1. The number of aromatic nitrogens is 2. The first kappa shape index (κ1) is 16.4. The lowest BCUT2D eigenvalue weighted by molar-refractivity contribution is -0.130. The number of nitrogens with zero attached hydrogens (tertiary/aromatic N) is 4. The van der Waals surface area contributed by atoms with E-state index in [1.54, 1.807) is 6.20 Å². The smallest absolute Gasteiger partial charge is 0.222 e. The van der Waals surface area contributed by atoms with E-state index in [-0.39, 0.29) is 11.9 Å². The van der Waals surface area contributed by atoms with Crippen molar-refractivity contribution in [1.29, 1.82) is 0 Å². The number of nitrogens with one attached hydrogen (secondary N) is 1. The van der Waals surface area contributed by atoms with Gasteiger partial charge in [0.1, 0.15) is 0 Å². The van der Waals surface area contributed by atoms with Gasteiger partial charge in [-0.3, -0.25) is 14.8 Å². The van der Waals surface area contributed by atoms with E-state index in [9.17, 15) is 9.90 Å². The Labute approximate surface area is 137 Å². The minimum Gasteiger partial charge on any atom is -0.390 e. The highest BCUT2D eigenvalue weighted by Crippen LogP contribution is 2.19. The fourth-order valence-electron chi connectivity index (χ4n) is 3.50. The first-order valence-corrected chi connectivity index (χ1v) is 8.49. The van der Waals surface area contributed by atoms with Crippen LogP contribution in [0.1, 0.15) is 18.4 Å². The van der Waals surface area contributed by atoms with Crippen LogP contribution in [-0.4, -0.2) is 94.4 Å². The van der Waals surface area contributed by atoms with Gasteiger partial charge in [0.25, 0.3) is 0 Å². The predicted molar refractivity (Wildman–Crippen MR) is 87.0 cm³/mol. The average molecular weight is 321 g/mol. The van der Waals surface area contributed by atoms with Gasteiger partial charge < -0.3 is 14.9 Å². The van der Waals surface area contributed by atoms with Crippen LogP contribution in [0.25, 0.3) is 0 Å². The molecule has 2 aliphatic rings. The van der Waals surface area contributed by atoms with Gasteiger partial charge in [-0.1, -0.05) is 0 Å². The largest absolute Gasteiger partial charge is 0.390 e. The molecule has 0 radical (unpaired) electrons. The fraction of sp³-hybridized carbons (Fsp3) is 0.750. The van der Waals surface area contributed by atoms with Crippen molar-refractivity contribution in [2.75, 3.05) is 46.3 Å². The molecule has 2 aliphatic heterocycles. The highest BCUT2D eigenvalue weighted by atomic mass is 16.3. The third-order valence-corrected chi connectivity index (χ3v) is 5.03. The standard InChI is InChI=1S/C16H27N5O2/c1-19-5-7-20(8-6-19)14-11-21(12-15(14)22)16(23)4-2-3-13-9-17-18-10-13/h9-10,14-15,22H,2-8,11-12H2,1H3,(H,17,18)/t14-,15-/m0/s1. The number of hydrogen-bond donors (Lipinski definition) is 2. The first-order chi connectivity index (χ1) is 11.1. The lowest BCUT2D eigenvalue weighted by atomic mass is 10.1. The van der Waals surface area contributed by atoms with Crippen molar-refractivity contribution in [2.24, 2.45) is 0 Å². The zero-order valence-electron chi connectivity index (χ0n) is 13.8. The van der Waals surface area contributed by atoms with Gasteiger partial charge in [0.15, 0.2) is 0 Å². The summed E-state index contributed by atoms with van der Waals surface area (Å²) in [4.78, 5) is 18.8. The number of aryl methyl sites for hydroxylation is 1. The number of aliphatic hydroxyl groups is 1. The molecular formula is C16H27N5O2. The summed E-state index contributed by atoms with van der Waals surface area (Å²) < 4.78 is 0. The molecule has 0 saturated carbocycles. The van der Waals surface area contributed by atoms with Gasteiger partial charge in [-0.15, -0.1) is 0 Å². The van der Waals surface area contributed by atoms with E-state index >= 15 is 0 Å². The Hall–Kier alpha value is -1.44. The van der Waals surface area contributed by atoms with E-state index in [1.165, 1.54) is 0 Å². The van der Waals surface area contributed by atoms with Gasteiger partial charge in [-0.05, 0) is 25.5 Å². The summed E-state index contributed by atoms with van der Waals surface area (Å²) in [6.07, 6.45) is 5.47. The number of piperazine rings is 1. The minimum absolute atomic E-state index is 0.0986. The maximum Gasteiger partial charge on any atom is 0.222 e. The van der Waals surface area contributed by atoms with Gasteiger partial charge in [-0.2, -0.15) is 5.10 Å². The van der Waals surface area contributed by atoms with E-state index in [1.807, 2.05) is 11.1 Å². The summed E-state index contributed by atoms with van der Waals surface area (Å²) in [7, 11) is 2.12. The molecule has 2 saturated heterocycles. The second-order valence-corrected chi connectivity index (χ2v) is 6.73. The molecule has 0 aliphatic carbocycles. The summed E-state index contributed by atoms with van der Waals surface area (Å²) >= 11 is 0. The van der Waals surface area contributed by atoms with E-state index in [4.69, 9.17) is 0 Å². The topological polar surface area (TPSA) is 75.7 Å². The molecule has 0 spiro atoms. The second kappa shape index (κ2) is 7.42. The molecule has 3 heterocycles. The third-order valence-electron chi connectivity index (χ3n) is 5.03. The van der Waals surface area contributed by atoms with Crippen molar-refractivity contribution >= 4 is 5.91 Å². The number of H-pyrrole nitrogens is 1. The zero-order valence-corrected chi connectivity index (χ0v) is 13.8. The molecule has 2 atom stereocenters. The average Bonchev–Trinajstić information content (AvgIpc) is 3.18. The summed E-state index contributed by atoms with van der Waals surface area (Å²) in [5.74, 6) is 0.157. The number of carbonyl (C=O) groups is 1. The van der Waals surface area contributed by atoms with Crippen LogP contribution in [0.15, 0.2) is 12.4 Å². The van der Waals surface area contributed by atoms with Crippen LogP contribution in [-0.2, 0) is 11.2 Å². The number of β-amino-alcohol motifs (C(OH)–C–C–N with tert-alkyl or cyclic N) is 1. The molecule has 7 nitrogen and oxygen atoms in total. The van der Waals surface area contributed by atoms with Gasteiger partial charge in [0.2, 0.25) is 5.91 Å². The van der Waals surface area contributed by atoms with Crippen molar-refractivity contribution in [3.8, 4) is 0 Å². The molecule has 0 bridgehead atoms. The van der Waals surface area contributed by atoms with Crippen molar-refractivity contribution in [1.82, 2.24) is 24.9 Å². The van der Waals surface area contributed by atoms with E-state index in [0.717, 1.165) is 44.6 Å². The van der Waals surface area contributed by atoms with Gasteiger partial charge in [-0.25, -0.2) is 0 Å². The fourth-order valence-corrected chi connectivity index (χ4v) is 3.50. The number of carbonyl (C=O) groups excluding carboxylic acids is 1. The molecular weight excluding hydrogens is 294 g/mol. The lowest BCUT2D eigenvalue weighted by Gasteiger charge is -2.37. The zero-order chi connectivity index (χ0) is 16.2. The van der Waals surface area contributed by atoms with Crippen molar-refractivity contribution in [3.05, 3.63) is 18.0 Å². The molecule has 1 amide bonds. The maximum atomic E-state index is 12.4. The van der Waals surface area contributed by atoms with Crippen LogP contribution in [0.2, 0.25) is 0 Å². The van der Waals surface area contributed by atoms with E-state index in [0.29, 0.717) is 19.5 Å². The predicted octanol–water partition coefficient (Wildman–Crippen LogP) is -0.448. The molecule has 2 fully saturated rings. The number of likely N-dealkylation sites (tertiary alicyclic amines) is 1. The van der Waals surface area contributed by atoms with E-state index in [2.05, 4.69) is 27.0 Å². The van der Waals surface area contributed by atoms with Crippen molar-refractivity contribution in [2.45, 2.75) is 31.4 Å².